The molecule has 0 bridgehead atoms. The van der Waals surface area contributed by atoms with Gasteiger partial charge in [-0.1, -0.05) is 5.11 Å². The van der Waals surface area contributed by atoms with Gasteiger partial charge < -0.3 is 79.5 Å². The fourth-order valence-corrected chi connectivity index (χ4v) is 4.44. The largest absolute Gasteiger partial charge is 0.394 e. The van der Waals surface area contributed by atoms with E-state index in [1.54, 1.807) is 0 Å². The highest BCUT2D eigenvalue weighted by Gasteiger charge is 2.53. The molecule has 226 valence electrons. The maximum absolute atomic E-state index is 10.7. The molecular weight excluding hydrogens is 538 g/mol. The number of aliphatic hydroxyl groups is 10. The van der Waals surface area contributed by atoms with Gasteiger partial charge in [0.25, 0.3) is 0 Å². The molecule has 0 aromatic heterocycles. The normalized spacial score (nSPS) is 47.0. The Bertz CT molecular complexity index is 803. The maximum Gasteiger partial charge on any atom is 0.187 e. The molecule has 10 N–H and O–H groups in total. The van der Waals surface area contributed by atoms with Crippen molar-refractivity contribution in [2.24, 2.45) is 5.11 Å². The third kappa shape index (κ3) is 7.12. The van der Waals surface area contributed by atoms with Gasteiger partial charge in [-0.25, -0.2) is 0 Å². The predicted octanol–water partition coefficient (Wildman–Crippen LogP) is -6.24. The van der Waals surface area contributed by atoms with Crippen LogP contribution in [0.1, 0.15) is 0 Å². The van der Waals surface area contributed by atoms with Crippen molar-refractivity contribution in [3.8, 4) is 0 Å². The SMILES string of the molecule is [N-]=[N+]=NCCO[C@@H]1O[C@H](CO)[C@@H](O[C@@H]2O[C@H](CO)[C@H](O[C@H]3O[C@H](CO)[C@H](O)[C@H](O)[C@H]3O)[C@H](O)[C@H]2O)[C@H](O)[C@H]1O. The van der Waals surface area contributed by atoms with Gasteiger partial charge in [0.1, 0.15) is 73.2 Å². The molecule has 0 saturated carbocycles. The van der Waals surface area contributed by atoms with Gasteiger partial charge in [-0.15, -0.1) is 0 Å². The topological polar surface area (TPSA) is 306 Å². The van der Waals surface area contributed by atoms with E-state index in [1.165, 1.54) is 0 Å². The molecule has 0 unspecified atom stereocenters. The van der Waals surface area contributed by atoms with Crippen LogP contribution in [0.5, 0.6) is 0 Å². The Morgan fingerprint density at radius 3 is 1.51 bits per heavy atom. The van der Waals surface area contributed by atoms with Gasteiger partial charge in [0, 0.05) is 11.5 Å². The number of rotatable bonds is 11. The minimum absolute atomic E-state index is 0.0994. The lowest BCUT2D eigenvalue weighted by Gasteiger charge is -2.48. The molecule has 3 rings (SSSR count). The van der Waals surface area contributed by atoms with Crippen LogP contribution in [-0.4, -0.2) is 176 Å². The highest BCUT2D eigenvalue weighted by molar-refractivity contribution is 4.96. The Balaban J connectivity index is 1.68. The zero-order chi connectivity index (χ0) is 28.9. The van der Waals surface area contributed by atoms with Gasteiger partial charge >= 0.3 is 0 Å². The van der Waals surface area contributed by atoms with E-state index in [0.29, 0.717) is 0 Å². The minimum Gasteiger partial charge on any atom is -0.394 e. The van der Waals surface area contributed by atoms with E-state index in [9.17, 15) is 51.1 Å². The van der Waals surface area contributed by atoms with Crippen LogP contribution in [0.2, 0.25) is 0 Å². The Hall–Kier alpha value is -1.33. The van der Waals surface area contributed by atoms with Gasteiger partial charge in [-0.3, -0.25) is 0 Å². The fraction of sp³-hybridized carbons (Fsp3) is 1.00. The monoisotopic (exact) mass is 573 g/mol. The van der Waals surface area contributed by atoms with Gasteiger partial charge in [-0.2, -0.15) is 0 Å². The average molecular weight is 574 g/mol. The first kappa shape index (κ1) is 32.2. The fourth-order valence-electron chi connectivity index (χ4n) is 4.44. The summed E-state index contributed by atoms with van der Waals surface area (Å²) in [5.74, 6) is 0. The number of ether oxygens (including phenoxy) is 6. The number of aliphatic hydroxyl groups excluding tert-OH is 10. The molecule has 19 heteroatoms. The lowest BCUT2D eigenvalue weighted by molar-refractivity contribution is -0.379. The number of hydrogen-bond acceptors (Lipinski definition) is 17. The van der Waals surface area contributed by atoms with Crippen molar-refractivity contribution in [1.29, 1.82) is 0 Å². The Kier molecular flexibility index (Phi) is 12.0. The molecule has 3 saturated heterocycles. The van der Waals surface area contributed by atoms with Crippen molar-refractivity contribution in [2.75, 3.05) is 33.0 Å². The van der Waals surface area contributed by atoms with E-state index in [2.05, 4.69) is 10.0 Å². The molecule has 3 fully saturated rings. The summed E-state index contributed by atoms with van der Waals surface area (Å²) in [5, 5.41) is 105. The van der Waals surface area contributed by atoms with E-state index >= 15 is 0 Å². The zero-order valence-electron chi connectivity index (χ0n) is 20.5. The maximum atomic E-state index is 10.7. The predicted molar refractivity (Wildman–Crippen MR) is 119 cm³/mol. The van der Waals surface area contributed by atoms with Gasteiger partial charge in [-0.05, 0) is 5.53 Å². The molecular formula is C20H35N3O16. The molecule has 3 aliphatic heterocycles. The van der Waals surface area contributed by atoms with Crippen LogP contribution in [0.15, 0.2) is 5.11 Å². The molecule has 0 aromatic rings. The van der Waals surface area contributed by atoms with Crippen molar-refractivity contribution >= 4 is 0 Å². The standard InChI is InChI=1S/C20H35N3O16/c21-23-22-1-2-34-18-14(32)11(29)16(7(4-25)36-18)39-20-15(33)12(30)17(8(5-26)37-20)38-19-13(31)10(28)9(27)6(3-24)35-19/h6-20,24-33H,1-5H2/t6-,7-,8-,9+,10+,11-,12-,13-,14-,15-,16-,17+,18-,19-,20+/m1/s1. The second-order valence-electron chi connectivity index (χ2n) is 9.14. The number of azide groups is 1. The van der Waals surface area contributed by atoms with E-state index in [4.69, 9.17) is 34.0 Å². The highest BCUT2D eigenvalue weighted by atomic mass is 16.8. The Morgan fingerprint density at radius 2 is 1.03 bits per heavy atom. The van der Waals surface area contributed by atoms with Crippen molar-refractivity contribution in [1.82, 2.24) is 0 Å². The van der Waals surface area contributed by atoms with E-state index in [1.807, 2.05) is 0 Å². The van der Waals surface area contributed by atoms with Crippen molar-refractivity contribution < 1.29 is 79.5 Å². The summed E-state index contributed by atoms with van der Waals surface area (Å²) < 4.78 is 32.4. The van der Waals surface area contributed by atoms with Gasteiger partial charge in [0.05, 0.1) is 26.4 Å². The zero-order valence-corrected chi connectivity index (χ0v) is 20.5. The molecule has 15 atom stereocenters. The lowest BCUT2D eigenvalue weighted by atomic mass is 9.96. The quantitative estimate of drug-likeness (QED) is 0.0475. The molecule has 3 aliphatic rings. The van der Waals surface area contributed by atoms with Crippen LogP contribution in [0.4, 0.5) is 0 Å². The van der Waals surface area contributed by atoms with Crippen molar-refractivity contribution in [2.45, 2.75) is 92.1 Å². The van der Waals surface area contributed by atoms with Crippen LogP contribution < -0.4 is 0 Å². The van der Waals surface area contributed by atoms with E-state index in [-0.39, 0.29) is 13.2 Å². The van der Waals surface area contributed by atoms with Crippen LogP contribution in [0, 0.1) is 0 Å². The number of hydrogen-bond donors (Lipinski definition) is 10. The minimum atomic E-state index is -1.93. The molecule has 0 amide bonds. The summed E-state index contributed by atoms with van der Waals surface area (Å²) in [6.45, 7) is -2.60. The van der Waals surface area contributed by atoms with Gasteiger partial charge in [0.15, 0.2) is 18.9 Å². The van der Waals surface area contributed by atoms with E-state index < -0.39 is 112 Å². The van der Waals surface area contributed by atoms with Crippen molar-refractivity contribution in [3.63, 3.8) is 0 Å². The average Bonchev–Trinajstić information content (AvgIpc) is 2.93. The van der Waals surface area contributed by atoms with Crippen LogP contribution in [-0.2, 0) is 28.4 Å². The smallest absolute Gasteiger partial charge is 0.187 e. The summed E-state index contributed by atoms with van der Waals surface area (Å²) in [6.07, 6.45) is -24.7. The summed E-state index contributed by atoms with van der Waals surface area (Å²) >= 11 is 0. The van der Waals surface area contributed by atoms with E-state index in [0.717, 1.165) is 0 Å². The van der Waals surface area contributed by atoms with Crippen molar-refractivity contribution in [3.05, 3.63) is 10.4 Å². The first-order valence-corrected chi connectivity index (χ1v) is 12.1. The molecule has 0 spiro atoms. The second kappa shape index (κ2) is 14.5. The highest BCUT2D eigenvalue weighted by Crippen LogP contribution is 2.32. The van der Waals surface area contributed by atoms with Crippen LogP contribution in [0.25, 0.3) is 10.4 Å². The Labute approximate surface area is 220 Å². The second-order valence-corrected chi connectivity index (χ2v) is 9.14. The summed E-state index contributed by atoms with van der Waals surface area (Å²) in [4.78, 5) is 2.54. The first-order valence-electron chi connectivity index (χ1n) is 12.1. The summed E-state index contributed by atoms with van der Waals surface area (Å²) in [7, 11) is 0. The molecule has 19 nitrogen and oxygen atoms in total. The third-order valence-corrected chi connectivity index (χ3v) is 6.61. The third-order valence-electron chi connectivity index (χ3n) is 6.61. The Morgan fingerprint density at radius 1 is 0.590 bits per heavy atom. The molecule has 39 heavy (non-hydrogen) atoms. The molecule has 0 aromatic carbocycles. The number of nitrogens with zero attached hydrogens (tertiary/aromatic N) is 3. The molecule has 0 aliphatic carbocycles. The lowest BCUT2D eigenvalue weighted by Crippen LogP contribution is -2.66. The van der Waals surface area contributed by atoms with Crippen LogP contribution in [0.3, 0.4) is 0 Å². The molecule has 0 radical (unpaired) electrons. The summed E-state index contributed by atoms with van der Waals surface area (Å²) in [5.41, 5.74) is 8.31. The van der Waals surface area contributed by atoms with Gasteiger partial charge in [0.2, 0.25) is 0 Å². The first-order chi connectivity index (χ1) is 18.6. The molecule has 3 heterocycles. The summed E-state index contributed by atoms with van der Waals surface area (Å²) in [6, 6.07) is 0. The van der Waals surface area contributed by atoms with Crippen LogP contribution >= 0.6 is 0 Å².